The van der Waals surface area contributed by atoms with Crippen molar-refractivity contribution in [3.8, 4) is 0 Å². The van der Waals surface area contributed by atoms with Crippen molar-refractivity contribution in [3.05, 3.63) is 0 Å². The maximum absolute atomic E-state index is 11.4. The third kappa shape index (κ3) is 4.59. The van der Waals surface area contributed by atoms with Gasteiger partial charge in [0.2, 0.25) is 0 Å². The van der Waals surface area contributed by atoms with Gasteiger partial charge in [-0.2, -0.15) is 0 Å². The molecule has 1 unspecified atom stereocenters. The van der Waals surface area contributed by atoms with E-state index in [9.17, 15) is 9.90 Å². The third-order valence-electron chi connectivity index (χ3n) is 2.38. The molecule has 1 aliphatic heterocycles. The van der Waals surface area contributed by atoms with Crippen LogP contribution in [0, 0.1) is 0 Å². The van der Waals surface area contributed by atoms with Crippen LogP contribution in [-0.4, -0.2) is 49.6 Å². The summed E-state index contributed by atoms with van der Waals surface area (Å²) in [6.45, 7) is 5.00. The summed E-state index contributed by atoms with van der Waals surface area (Å²) in [5.74, 6) is -1.51. The number of aliphatic hydroxyl groups excluding tert-OH is 1. The number of ether oxygens (including phenoxy) is 4. The minimum atomic E-state index is -1.11. The van der Waals surface area contributed by atoms with Gasteiger partial charge in [0.05, 0.1) is 32.7 Å². The fourth-order valence-corrected chi connectivity index (χ4v) is 1.74. The Morgan fingerprint density at radius 2 is 2.00 bits per heavy atom. The molecule has 1 saturated heterocycles. The lowest BCUT2D eigenvalue weighted by molar-refractivity contribution is -0.222. The Morgan fingerprint density at radius 1 is 1.35 bits per heavy atom. The summed E-state index contributed by atoms with van der Waals surface area (Å²) in [4.78, 5) is 11.4. The SMILES string of the molecule is CCOC(=O)CC1(CC(O)OCC)OCCO1. The van der Waals surface area contributed by atoms with Crippen LogP contribution in [0.4, 0.5) is 0 Å². The number of carbonyl (C=O) groups is 1. The molecule has 1 atom stereocenters. The van der Waals surface area contributed by atoms with Gasteiger partial charge in [0.15, 0.2) is 12.1 Å². The number of hydrogen-bond acceptors (Lipinski definition) is 6. The second kappa shape index (κ2) is 6.90. The average Bonchev–Trinajstić information content (AvgIpc) is 2.66. The van der Waals surface area contributed by atoms with Crippen molar-refractivity contribution >= 4 is 5.97 Å². The van der Waals surface area contributed by atoms with Crippen molar-refractivity contribution in [2.45, 2.75) is 38.8 Å². The standard InChI is InChI=1S/C11H20O6/c1-3-14-9(12)7-11(16-5-6-17-11)8-10(13)15-4-2/h9,12H,3-8H2,1-2H3. The van der Waals surface area contributed by atoms with Gasteiger partial charge in [0, 0.05) is 6.61 Å². The Balaban J connectivity index is 2.53. The smallest absolute Gasteiger partial charge is 0.311 e. The monoisotopic (exact) mass is 248 g/mol. The van der Waals surface area contributed by atoms with E-state index in [0.717, 1.165) is 0 Å². The minimum Gasteiger partial charge on any atom is -0.466 e. The lowest BCUT2D eigenvalue weighted by atomic mass is 10.1. The van der Waals surface area contributed by atoms with E-state index in [2.05, 4.69) is 0 Å². The van der Waals surface area contributed by atoms with Crippen LogP contribution in [-0.2, 0) is 23.7 Å². The van der Waals surface area contributed by atoms with Crippen LogP contribution in [0.2, 0.25) is 0 Å². The fourth-order valence-electron chi connectivity index (χ4n) is 1.74. The molecule has 0 amide bonds. The highest BCUT2D eigenvalue weighted by atomic mass is 16.7. The van der Waals surface area contributed by atoms with Gasteiger partial charge in [-0.3, -0.25) is 4.79 Å². The molecule has 1 rings (SSSR count). The predicted octanol–water partition coefficient (Wildman–Crippen LogP) is 0.428. The Labute approximate surface area is 101 Å². The summed E-state index contributed by atoms with van der Waals surface area (Å²) in [5, 5.41) is 9.58. The van der Waals surface area contributed by atoms with Crippen molar-refractivity contribution < 1.29 is 28.8 Å². The Hall–Kier alpha value is -0.690. The van der Waals surface area contributed by atoms with Gasteiger partial charge >= 0.3 is 5.97 Å². The van der Waals surface area contributed by atoms with Gasteiger partial charge in [-0.05, 0) is 13.8 Å². The van der Waals surface area contributed by atoms with E-state index >= 15 is 0 Å². The van der Waals surface area contributed by atoms with E-state index in [-0.39, 0.29) is 12.8 Å². The Morgan fingerprint density at radius 3 is 2.53 bits per heavy atom. The summed E-state index contributed by atoms with van der Waals surface area (Å²) in [6, 6.07) is 0. The van der Waals surface area contributed by atoms with Crippen LogP contribution in [0.5, 0.6) is 0 Å². The predicted molar refractivity (Wildman–Crippen MR) is 58.1 cm³/mol. The van der Waals surface area contributed by atoms with Gasteiger partial charge in [0.25, 0.3) is 0 Å². The molecule has 1 heterocycles. The van der Waals surface area contributed by atoms with Crippen molar-refractivity contribution in [2.24, 2.45) is 0 Å². The highest BCUT2D eigenvalue weighted by molar-refractivity contribution is 5.70. The molecule has 0 radical (unpaired) electrons. The highest BCUT2D eigenvalue weighted by Crippen LogP contribution is 2.29. The first-order valence-corrected chi connectivity index (χ1v) is 5.85. The summed E-state index contributed by atoms with van der Waals surface area (Å²) in [5.41, 5.74) is 0. The van der Waals surface area contributed by atoms with Crippen LogP contribution < -0.4 is 0 Å². The molecule has 6 heteroatoms. The first-order chi connectivity index (χ1) is 8.12. The molecule has 0 aromatic carbocycles. The number of rotatable bonds is 7. The first-order valence-electron chi connectivity index (χ1n) is 5.85. The van der Waals surface area contributed by atoms with Gasteiger partial charge in [-0.1, -0.05) is 0 Å². The van der Waals surface area contributed by atoms with E-state index in [0.29, 0.717) is 26.4 Å². The fraction of sp³-hybridized carbons (Fsp3) is 0.909. The van der Waals surface area contributed by atoms with Crippen LogP contribution in [0.3, 0.4) is 0 Å². The van der Waals surface area contributed by atoms with Crippen molar-refractivity contribution in [3.63, 3.8) is 0 Å². The Bertz CT molecular complexity index is 236. The molecule has 1 aliphatic rings. The summed E-state index contributed by atoms with van der Waals surface area (Å²) >= 11 is 0. The average molecular weight is 248 g/mol. The molecule has 0 aliphatic carbocycles. The molecular weight excluding hydrogens is 228 g/mol. The van der Waals surface area contributed by atoms with Gasteiger partial charge in [-0.25, -0.2) is 0 Å². The van der Waals surface area contributed by atoms with Crippen LogP contribution in [0.15, 0.2) is 0 Å². The normalized spacial score (nSPS) is 20.2. The minimum absolute atomic E-state index is 0.0367. The van der Waals surface area contributed by atoms with Crippen LogP contribution >= 0.6 is 0 Å². The molecule has 6 nitrogen and oxygen atoms in total. The molecule has 0 spiro atoms. The van der Waals surface area contributed by atoms with E-state index < -0.39 is 18.0 Å². The lowest BCUT2D eigenvalue weighted by Gasteiger charge is -2.28. The van der Waals surface area contributed by atoms with Gasteiger partial charge < -0.3 is 24.1 Å². The molecule has 0 aromatic rings. The van der Waals surface area contributed by atoms with E-state index in [4.69, 9.17) is 18.9 Å². The molecule has 0 saturated carbocycles. The van der Waals surface area contributed by atoms with Crippen LogP contribution in [0.25, 0.3) is 0 Å². The maximum Gasteiger partial charge on any atom is 0.311 e. The van der Waals surface area contributed by atoms with Gasteiger partial charge in [-0.15, -0.1) is 0 Å². The molecule has 0 bridgehead atoms. The molecule has 100 valence electrons. The van der Waals surface area contributed by atoms with Crippen LogP contribution in [0.1, 0.15) is 26.7 Å². The largest absolute Gasteiger partial charge is 0.466 e. The van der Waals surface area contributed by atoms with E-state index in [1.165, 1.54) is 0 Å². The summed E-state index contributed by atoms with van der Waals surface area (Å²) in [7, 11) is 0. The number of carbonyl (C=O) groups excluding carboxylic acids is 1. The van der Waals surface area contributed by atoms with Crippen molar-refractivity contribution in [1.82, 2.24) is 0 Å². The van der Waals surface area contributed by atoms with Crippen molar-refractivity contribution in [1.29, 1.82) is 0 Å². The first kappa shape index (κ1) is 14.4. The van der Waals surface area contributed by atoms with E-state index in [1.54, 1.807) is 13.8 Å². The quantitative estimate of drug-likeness (QED) is 0.520. The molecule has 0 aromatic heterocycles. The molecular formula is C11H20O6. The molecule has 1 fully saturated rings. The zero-order chi connectivity index (χ0) is 12.7. The number of aliphatic hydroxyl groups is 1. The Kier molecular flexibility index (Phi) is 5.84. The highest BCUT2D eigenvalue weighted by Gasteiger charge is 2.41. The topological polar surface area (TPSA) is 74.2 Å². The van der Waals surface area contributed by atoms with E-state index in [1.807, 2.05) is 0 Å². The summed E-state index contributed by atoms with van der Waals surface area (Å²) in [6.07, 6.45) is -0.947. The maximum atomic E-state index is 11.4. The van der Waals surface area contributed by atoms with Crippen molar-refractivity contribution in [2.75, 3.05) is 26.4 Å². The van der Waals surface area contributed by atoms with Gasteiger partial charge in [0.1, 0.15) is 0 Å². The second-order valence-electron chi connectivity index (χ2n) is 3.70. The third-order valence-corrected chi connectivity index (χ3v) is 2.38. The number of hydrogen-bond donors (Lipinski definition) is 1. The zero-order valence-corrected chi connectivity index (χ0v) is 10.3. The molecule has 17 heavy (non-hydrogen) atoms. The second-order valence-corrected chi connectivity index (χ2v) is 3.70. The lowest BCUT2D eigenvalue weighted by Crippen LogP contribution is -2.38. The molecule has 1 N–H and O–H groups in total. The summed E-state index contributed by atoms with van der Waals surface area (Å²) < 4.78 is 20.7. The number of esters is 1. The zero-order valence-electron chi connectivity index (χ0n) is 10.3.